The molecule has 124 valence electrons. The molecule has 5 nitrogen and oxygen atoms in total. The van der Waals surface area contributed by atoms with Crippen LogP contribution in [0.1, 0.15) is 18.4 Å². The van der Waals surface area contributed by atoms with Crippen molar-refractivity contribution < 1.29 is 0 Å². The summed E-state index contributed by atoms with van der Waals surface area (Å²) in [5, 5.41) is 9.92. The second-order valence-corrected chi connectivity index (χ2v) is 7.12. The van der Waals surface area contributed by atoms with E-state index in [-0.39, 0.29) is 0 Å². The van der Waals surface area contributed by atoms with Crippen molar-refractivity contribution in [3.05, 3.63) is 42.2 Å². The van der Waals surface area contributed by atoms with Gasteiger partial charge in [-0.3, -0.25) is 0 Å². The third-order valence-corrected chi connectivity index (χ3v) is 5.31. The van der Waals surface area contributed by atoms with Gasteiger partial charge in [0.05, 0.1) is 17.3 Å². The number of hydrogen-bond acceptors (Lipinski definition) is 6. The maximum atomic E-state index is 9.22. The number of hydrogen-bond donors (Lipinski definition) is 0. The molecule has 0 atom stereocenters. The lowest BCUT2D eigenvalue weighted by Gasteiger charge is -2.37. The van der Waals surface area contributed by atoms with Crippen LogP contribution in [-0.2, 0) is 0 Å². The fourth-order valence-corrected chi connectivity index (χ4v) is 3.90. The van der Waals surface area contributed by atoms with Gasteiger partial charge in [-0.1, -0.05) is 0 Å². The van der Waals surface area contributed by atoms with Gasteiger partial charge in [0, 0.05) is 36.4 Å². The van der Waals surface area contributed by atoms with Crippen molar-refractivity contribution in [1.82, 2.24) is 14.9 Å². The average Bonchev–Trinajstić information content (AvgIpc) is 2.62. The van der Waals surface area contributed by atoms with Crippen molar-refractivity contribution >= 4 is 17.4 Å². The highest BCUT2D eigenvalue weighted by atomic mass is 32.2. The standard InChI is InChI=1S/C18H21N5S/c1-22(2)15-6-10-23(11-7-15)16-5-4-14(13-19)12-17(16)24-18-20-8-3-9-21-18/h3-5,8-9,12,15H,6-7,10-11H2,1-2H3. The number of benzene rings is 1. The maximum Gasteiger partial charge on any atom is 0.192 e. The Kier molecular flexibility index (Phi) is 5.34. The van der Waals surface area contributed by atoms with E-state index in [2.05, 4.69) is 46.0 Å². The number of rotatable bonds is 4. The summed E-state index contributed by atoms with van der Waals surface area (Å²) in [6.07, 6.45) is 5.79. The topological polar surface area (TPSA) is 56.0 Å². The van der Waals surface area contributed by atoms with Gasteiger partial charge >= 0.3 is 0 Å². The number of anilines is 1. The van der Waals surface area contributed by atoms with E-state index in [1.165, 1.54) is 17.4 Å². The van der Waals surface area contributed by atoms with E-state index in [4.69, 9.17) is 0 Å². The quantitative estimate of drug-likeness (QED) is 0.798. The van der Waals surface area contributed by atoms with Gasteiger partial charge in [-0.15, -0.1) is 0 Å². The molecule has 1 saturated heterocycles. The zero-order valence-electron chi connectivity index (χ0n) is 14.0. The van der Waals surface area contributed by atoms with Crippen LogP contribution in [0.25, 0.3) is 0 Å². The Bertz CT molecular complexity index is 718. The lowest BCUT2D eigenvalue weighted by atomic mass is 10.0. The van der Waals surface area contributed by atoms with E-state index < -0.39 is 0 Å². The molecule has 0 bridgehead atoms. The average molecular weight is 339 g/mol. The van der Waals surface area contributed by atoms with E-state index in [0.717, 1.165) is 30.8 Å². The van der Waals surface area contributed by atoms with Gasteiger partial charge < -0.3 is 9.80 Å². The zero-order chi connectivity index (χ0) is 16.9. The first-order chi connectivity index (χ1) is 11.7. The molecular weight excluding hydrogens is 318 g/mol. The van der Waals surface area contributed by atoms with E-state index in [1.807, 2.05) is 18.2 Å². The zero-order valence-corrected chi connectivity index (χ0v) is 14.8. The first kappa shape index (κ1) is 16.7. The fraction of sp³-hybridized carbons (Fsp3) is 0.389. The summed E-state index contributed by atoms with van der Waals surface area (Å²) in [5.74, 6) is 0. The van der Waals surface area contributed by atoms with Crippen molar-refractivity contribution in [3.63, 3.8) is 0 Å². The molecule has 2 heterocycles. The molecule has 0 unspecified atom stereocenters. The number of nitrogens with zero attached hydrogens (tertiary/aromatic N) is 5. The van der Waals surface area contributed by atoms with E-state index >= 15 is 0 Å². The number of nitriles is 1. The number of aromatic nitrogens is 2. The molecule has 6 heteroatoms. The monoisotopic (exact) mass is 339 g/mol. The Morgan fingerprint density at radius 3 is 2.54 bits per heavy atom. The molecule has 1 aromatic carbocycles. The summed E-state index contributed by atoms with van der Waals surface area (Å²) in [6, 6.07) is 10.6. The number of piperidine rings is 1. The summed E-state index contributed by atoms with van der Waals surface area (Å²) in [5.41, 5.74) is 1.84. The molecular formula is C18H21N5S. The fourth-order valence-electron chi connectivity index (χ4n) is 2.99. The highest BCUT2D eigenvalue weighted by Crippen LogP contribution is 2.35. The Hall–Kier alpha value is -2.10. The molecule has 0 amide bonds. The smallest absolute Gasteiger partial charge is 0.192 e. The van der Waals surface area contributed by atoms with Gasteiger partial charge in [-0.25, -0.2) is 9.97 Å². The van der Waals surface area contributed by atoms with Crippen molar-refractivity contribution in [3.8, 4) is 6.07 Å². The van der Waals surface area contributed by atoms with E-state index in [0.29, 0.717) is 16.8 Å². The Morgan fingerprint density at radius 1 is 1.21 bits per heavy atom. The molecule has 1 aromatic heterocycles. The van der Waals surface area contributed by atoms with Crippen LogP contribution in [0.4, 0.5) is 5.69 Å². The lowest BCUT2D eigenvalue weighted by molar-refractivity contribution is 0.249. The Morgan fingerprint density at radius 2 is 1.92 bits per heavy atom. The molecule has 0 spiro atoms. The highest BCUT2D eigenvalue weighted by Gasteiger charge is 2.22. The summed E-state index contributed by atoms with van der Waals surface area (Å²) in [7, 11) is 4.30. The summed E-state index contributed by atoms with van der Waals surface area (Å²) < 4.78 is 0. The van der Waals surface area contributed by atoms with Gasteiger partial charge in [-0.2, -0.15) is 5.26 Å². The highest BCUT2D eigenvalue weighted by molar-refractivity contribution is 7.99. The van der Waals surface area contributed by atoms with Crippen molar-refractivity contribution in [2.75, 3.05) is 32.1 Å². The van der Waals surface area contributed by atoms with Gasteiger partial charge in [0.25, 0.3) is 0 Å². The van der Waals surface area contributed by atoms with E-state index in [9.17, 15) is 5.26 Å². The minimum Gasteiger partial charge on any atom is -0.370 e. The molecule has 0 radical (unpaired) electrons. The third kappa shape index (κ3) is 3.86. The molecule has 1 aliphatic rings. The van der Waals surface area contributed by atoms with Crippen LogP contribution in [-0.4, -0.2) is 48.1 Å². The molecule has 3 rings (SSSR count). The third-order valence-electron chi connectivity index (χ3n) is 4.37. The van der Waals surface area contributed by atoms with E-state index in [1.54, 1.807) is 12.4 Å². The van der Waals surface area contributed by atoms with Crippen LogP contribution < -0.4 is 4.90 Å². The van der Waals surface area contributed by atoms with Crippen LogP contribution in [0.2, 0.25) is 0 Å². The normalized spacial score (nSPS) is 15.5. The van der Waals surface area contributed by atoms with Crippen LogP contribution in [0.3, 0.4) is 0 Å². The van der Waals surface area contributed by atoms with Crippen LogP contribution in [0.5, 0.6) is 0 Å². The predicted molar refractivity (Wildman–Crippen MR) is 96.2 cm³/mol. The van der Waals surface area contributed by atoms with Crippen LogP contribution in [0, 0.1) is 11.3 Å². The first-order valence-corrected chi connectivity index (χ1v) is 8.89. The maximum absolute atomic E-state index is 9.22. The lowest BCUT2D eigenvalue weighted by Crippen LogP contribution is -2.42. The molecule has 2 aromatic rings. The summed E-state index contributed by atoms with van der Waals surface area (Å²) in [6.45, 7) is 2.05. The largest absolute Gasteiger partial charge is 0.370 e. The van der Waals surface area contributed by atoms with Crippen molar-refractivity contribution in [2.24, 2.45) is 0 Å². The Balaban J connectivity index is 1.84. The SMILES string of the molecule is CN(C)C1CCN(c2ccc(C#N)cc2Sc2ncccn2)CC1. The predicted octanol–water partition coefficient (Wildman–Crippen LogP) is 3.03. The second kappa shape index (κ2) is 7.65. The summed E-state index contributed by atoms with van der Waals surface area (Å²) >= 11 is 1.52. The van der Waals surface area contributed by atoms with Crippen molar-refractivity contribution in [1.29, 1.82) is 5.26 Å². The molecule has 0 N–H and O–H groups in total. The minimum absolute atomic E-state index is 0.646. The first-order valence-electron chi connectivity index (χ1n) is 8.08. The molecule has 1 fully saturated rings. The van der Waals surface area contributed by atoms with Gasteiger partial charge in [-0.05, 0) is 63.0 Å². The Labute approximate surface area is 147 Å². The summed E-state index contributed by atoms with van der Waals surface area (Å²) in [4.78, 5) is 14.4. The van der Waals surface area contributed by atoms with Crippen LogP contribution >= 0.6 is 11.8 Å². The minimum atomic E-state index is 0.646. The van der Waals surface area contributed by atoms with Crippen molar-refractivity contribution in [2.45, 2.75) is 28.9 Å². The molecule has 24 heavy (non-hydrogen) atoms. The van der Waals surface area contributed by atoms with Crippen LogP contribution in [0.15, 0.2) is 46.7 Å². The van der Waals surface area contributed by atoms with Gasteiger partial charge in [0.15, 0.2) is 5.16 Å². The second-order valence-electron chi connectivity index (χ2n) is 6.11. The van der Waals surface area contributed by atoms with Gasteiger partial charge in [0.2, 0.25) is 0 Å². The van der Waals surface area contributed by atoms with Gasteiger partial charge in [0.1, 0.15) is 0 Å². The molecule has 0 aliphatic carbocycles. The molecule has 1 aliphatic heterocycles. The molecule has 0 saturated carbocycles.